The van der Waals surface area contributed by atoms with Crippen LogP contribution in [0.2, 0.25) is 5.02 Å². The van der Waals surface area contributed by atoms with Crippen LogP contribution in [0.25, 0.3) is 0 Å². The molecular formula is C32H32ClN3O5S. The van der Waals surface area contributed by atoms with E-state index in [1.54, 1.807) is 66.7 Å². The van der Waals surface area contributed by atoms with Gasteiger partial charge in [-0.3, -0.25) is 13.9 Å². The predicted octanol–water partition coefficient (Wildman–Crippen LogP) is 4.93. The van der Waals surface area contributed by atoms with Crippen LogP contribution in [0.1, 0.15) is 11.1 Å². The molecule has 0 spiro atoms. The number of anilines is 1. The molecule has 1 atom stereocenters. The van der Waals surface area contributed by atoms with E-state index in [9.17, 15) is 18.0 Å². The number of benzene rings is 4. The van der Waals surface area contributed by atoms with E-state index < -0.39 is 28.5 Å². The maximum atomic E-state index is 14.2. The predicted molar refractivity (Wildman–Crippen MR) is 164 cm³/mol. The highest BCUT2D eigenvalue weighted by atomic mass is 35.5. The highest BCUT2D eigenvalue weighted by Crippen LogP contribution is 2.26. The molecule has 0 unspecified atom stereocenters. The Kier molecular flexibility index (Phi) is 10.2. The molecular weight excluding hydrogens is 574 g/mol. The quantitative estimate of drug-likeness (QED) is 0.247. The SMILES string of the molecule is CNC(=O)[C@H](Cc1ccccc1)N(Cc1ccc(Cl)cc1)C(=O)CN(c1ccccc1)S(=O)(=O)c1ccc(OC)cc1. The van der Waals surface area contributed by atoms with Crippen molar-refractivity contribution in [2.75, 3.05) is 25.0 Å². The van der Waals surface area contributed by atoms with Crippen molar-refractivity contribution in [3.8, 4) is 5.75 Å². The summed E-state index contributed by atoms with van der Waals surface area (Å²) in [4.78, 5) is 28.9. The van der Waals surface area contributed by atoms with Gasteiger partial charge >= 0.3 is 0 Å². The van der Waals surface area contributed by atoms with Crippen LogP contribution in [-0.4, -0.2) is 51.9 Å². The molecule has 0 fully saturated rings. The Labute approximate surface area is 251 Å². The Bertz CT molecular complexity index is 1580. The first-order valence-corrected chi connectivity index (χ1v) is 15.1. The van der Waals surface area contributed by atoms with Crippen molar-refractivity contribution >= 4 is 39.1 Å². The van der Waals surface area contributed by atoms with E-state index in [0.29, 0.717) is 16.5 Å². The molecule has 8 nitrogen and oxygen atoms in total. The third-order valence-electron chi connectivity index (χ3n) is 6.75. The van der Waals surface area contributed by atoms with E-state index in [2.05, 4.69) is 5.32 Å². The molecule has 2 amide bonds. The number of amides is 2. The highest BCUT2D eigenvalue weighted by molar-refractivity contribution is 7.92. The summed E-state index contributed by atoms with van der Waals surface area (Å²) in [7, 11) is -1.18. The van der Waals surface area contributed by atoms with Crippen molar-refractivity contribution in [2.24, 2.45) is 0 Å². The largest absolute Gasteiger partial charge is 0.497 e. The lowest BCUT2D eigenvalue weighted by Gasteiger charge is -2.33. The second-order valence-electron chi connectivity index (χ2n) is 9.49. The number of carbonyl (C=O) groups is 2. The molecule has 0 saturated heterocycles. The lowest BCUT2D eigenvalue weighted by Crippen LogP contribution is -2.53. The zero-order valence-corrected chi connectivity index (χ0v) is 24.9. The van der Waals surface area contributed by atoms with Gasteiger partial charge in [0.05, 0.1) is 17.7 Å². The Morgan fingerprint density at radius 2 is 1.43 bits per heavy atom. The maximum absolute atomic E-state index is 14.2. The zero-order valence-electron chi connectivity index (χ0n) is 23.3. The number of methoxy groups -OCH3 is 1. The Balaban J connectivity index is 1.76. The molecule has 0 bridgehead atoms. The van der Waals surface area contributed by atoms with Gasteiger partial charge in [0.2, 0.25) is 11.8 Å². The van der Waals surface area contributed by atoms with Gasteiger partial charge in [-0.2, -0.15) is 0 Å². The van der Waals surface area contributed by atoms with E-state index in [4.69, 9.17) is 16.3 Å². The minimum atomic E-state index is -4.18. The minimum absolute atomic E-state index is 0.00339. The third-order valence-corrected chi connectivity index (χ3v) is 8.79. The minimum Gasteiger partial charge on any atom is -0.497 e. The molecule has 0 radical (unpaired) electrons. The Morgan fingerprint density at radius 1 is 0.833 bits per heavy atom. The number of nitrogens with one attached hydrogen (secondary N) is 1. The normalized spacial score (nSPS) is 11.8. The van der Waals surface area contributed by atoms with E-state index in [-0.39, 0.29) is 23.8 Å². The van der Waals surface area contributed by atoms with Gasteiger partial charge in [0.1, 0.15) is 18.3 Å². The van der Waals surface area contributed by atoms with Crippen molar-refractivity contribution in [3.63, 3.8) is 0 Å². The van der Waals surface area contributed by atoms with Gasteiger partial charge in [-0.1, -0.05) is 72.3 Å². The van der Waals surface area contributed by atoms with Gasteiger partial charge < -0.3 is 15.0 Å². The molecule has 218 valence electrons. The average molecular weight is 606 g/mol. The molecule has 0 aliphatic carbocycles. The van der Waals surface area contributed by atoms with Gasteiger partial charge in [-0.05, 0) is 59.7 Å². The summed E-state index contributed by atoms with van der Waals surface area (Å²) in [6.45, 7) is -0.472. The standard InChI is InChI=1S/C32H32ClN3O5S/c1-34-32(38)30(21-24-9-5-3-6-10-24)35(22-25-13-15-26(33)16-14-25)31(37)23-36(27-11-7-4-8-12-27)42(39,40)29-19-17-28(41-2)18-20-29/h3-20,30H,21-23H2,1-2H3,(H,34,38)/t30-/m0/s1. The second kappa shape index (κ2) is 14.0. The highest BCUT2D eigenvalue weighted by Gasteiger charge is 2.34. The number of rotatable bonds is 12. The molecule has 0 heterocycles. The summed E-state index contributed by atoms with van der Waals surface area (Å²) >= 11 is 6.09. The smallest absolute Gasteiger partial charge is 0.264 e. The summed E-state index contributed by atoms with van der Waals surface area (Å²) in [6.07, 6.45) is 0.233. The Hall–Kier alpha value is -4.34. The van der Waals surface area contributed by atoms with Crippen LogP contribution in [0.4, 0.5) is 5.69 Å². The number of halogens is 1. The van der Waals surface area contributed by atoms with Crippen molar-refractivity contribution in [2.45, 2.75) is 23.9 Å². The second-order valence-corrected chi connectivity index (χ2v) is 11.8. The summed E-state index contributed by atoms with van der Waals surface area (Å²) < 4.78 is 34.2. The van der Waals surface area contributed by atoms with Crippen LogP contribution >= 0.6 is 11.6 Å². The van der Waals surface area contributed by atoms with Crippen LogP contribution in [0, 0.1) is 0 Å². The summed E-state index contributed by atoms with van der Waals surface area (Å²) in [5, 5.41) is 3.20. The molecule has 1 N–H and O–H groups in total. The van der Waals surface area contributed by atoms with Crippen LogP contribution < -0.4 is 14.4 Å². The lowest BCUT2D eigenvalue weighted by atomic mass is 10.0. The van der Waals surface area contributed by atoms with Crippen molar-refractivity contribution in [1.82, 2.24) is 10.2 Å². The molecule has 0 aromatic heterocycles. The molecule has 0 saturated carbocycles. The van der Waals surface area contributed by atoms with E-state index >= 15 is 0 Å². The van der Waals surface area contributed by atoms with Gasteiger partial charge in [0.25, 0.3) is 10.0 Å². The first-order chi connectivity index (χ1) is 20.2. The molecule has 4 aromatic carbocycles. The summed E-state index contributed by atoms with van der Waals surface area (Å²) in [5.41, 5.74) is 1.90. The monoisotopic (exact) mass is 605 g/mol. The van der Waals surface area contributed by atoms with E-state index in [1.165, 1.54) is 31.2 Å². The first kappa shape index (κ1) is 30.6. The number of carbonyl (C=O) groups excluding carboxylic acids is 2. The number of hydrogen-bond acceptors (Lipinski definition) is 5. The fraction of sp³-hybridized carbons (Fsp3) is 0.188. The molecule has 0 aliphatic rings. The molecule has 10 heteroatoms. The maximum Gasteiger partial charge on any atom is 0.264 e. The van der Waals surface area contributed by atoms with Crippen LogP contribution in [0.3, 0.4) is 0 Å². The van der Waals surface area contributed by atoms with Crippen molar-refractivity contribution in [1.29, 1.82) is 0 Å². The van der Waals surface area contributed by atoms with Crippen LogP contribution in [0.5, 0.6) is 5.75 Å². The lowest BCUT2D eigenvalue weighted by molar-refractivity contribution is -0.139. The number of ether oxygens (including phenoxy) is 1. The van der Waals surface area contributed by atoms with Crippen molar-refractivity contribution in [3.05, 3.63) is 125 Å². The number of hydrogen-bond donors (Lipinski definition) is 1. The van der Waals surface area contributed by atoms with Gasteiger partial charge in [-0.25, -0.2) is 8.42 Å². The van der Waals surface area contributed by atoms with Gasteiger partial charge in [0, 0.05) is 25.0 Å². The van der Waals surface area contributed by atoms with Crippen molar-refractivity contribution < 1.29 is 22.7 Å². The molecule has 4 rings (SSSR count). The fourth-order valence-corrected chi connectivity index (χ4v) is 6.05. The topological polar surface area (TPSA) is 96.0 Å². The van der Waals surface area contributed by atoms with Gasteiger partial charge in [0.15, 0.2) is 0 Å². The number of para-hydroxylation sites is 1. The third kappa shape index (κ3) is 7.48. The zero-order chi connectivity index (χ0) is 30.1. The molecule has 4 aromatic rings. The number of likely N-dealkylation sites (N-methyl/N-ethyl adjacent to an activating group) is 1. The van der Waals surface area contributed by atoms with Crippen LogP contribution in [0.15, 0.2) is 114 Å². The number of sulfonamides is 1. The van der Waals surface area contributed by atoms with E-state index in [1.807, 2.05) is 30.3 Å². The Morgan fingerprint density at radius 3 is 2.00 bits per heavy atom. The fourth-order valence-electron chi connectivity index (χ4n) is 4.51. The average Bonchev–Trinajstić information content (AvgIpc) is 3.02. The molecule has 42 heavy (non-hydrogen) atoms. The summed E-state index contributed by atoms with van der Waals surface area (Å²) in [6, 6.07) is 29.8. The van der Waals surface area contributed by atoms with Gasteiger partial charge in [-0.15, -0.1) is 0 Å². The van der Waals surface area contributed by atoms with Crippen LogP contribution in [-0.2, 0) is 32.6 Å². The first-order valence-electron chi connectivity index (χ1n) is 13.2. The molecule has 0 aliphatic heterocycles. The van der Waals surface area contributed by atoms with E-state index in [0.717, 1.165) is 15.4 Å². The number of nitrogens with zero attached hydrogens (tertiary/aromatic N) is 2. The summed E-state index contributed by atoms with van der Waals surface area (Å²) in [5.74, 6) is -0.416.